The topological polar surface area (TPSA) is 39.1 Å². The van der Waals surface area contributed by atoms with Gasteiger partial charge >= 0.3 is 0 Å². The van der Waals surface area contributed by atoms with Crippen molar-refractivity contribution in [3.63, 3.8) is 0 Å². The number of ether oxygens (including phenoxy) is 1. The van der Waals surface area contributed by atoms with E-state index in [-0.39, 0.29) is 0 Å². The highest BCUT2D eigenvalue weighted by atomic mass is 16.5. The molecular weight excluding hydrogens is 238 g/mol. The highest BCUT2D eigenvalue weighted by Gasteiger charge is 2.00. The molecule has 0 saturated carbocycles. The third-order valence-electron chi connectivity index (χ3n) is 2.68. The average Bonchev–Trinajstić information content (AvgIpc) is 2.90. The minimum absolute atomic E-state index is 0.698. The van der Waals surface area contributed by atoms with Crippen LogP contribution in [0, 0.1) is 0 Å². The van der Waals surface area contributed by atoms with Gasteiger partial charge in [-0.3, -0.25) is 0 Å². The fourth-order valence-corrected chi connectivity index (χ4v) is 1.76. The molecule has 1 aromatic carbocycles. The number of imidazole rings is 1. The van der Waals surface area contributed by atoms with E-state index in [1.54, 1.807) is 6.20 Å². The van der Waals surface area contributed by atoms with Gasteiger partial charge in [-0.15, -0.1) is 6.58 Å². The van der Waals surface area contributed by atoms with E-state index in [0.29, 0.717) is 6.61 Å². The predicted octanol–water partition coefficient (Wildman–Crippen LogP) is 2.95. The van der Waals surface area contributed by atoms with Crippen LogP contribution in [0.25, 0.3) is 0 Å². The van der Waals surface area contributed by atoms with Gasteiger partial charge in [-0.05, 0) is 18.6 Å². The van der Waals surface area contributed by atoms with Gasteiger partial charge in [-0.1, -0.05) is 24.3 Å². The lowest BCUT2D eigenvalue weighted by Crippen LogP contribution is -2.09. The van der Waals surface area contributed by atoms with Crippen LogP contribution in [0.4, 0.5) is 5.95 Å². The van der Waals surface area contributed by atoms with Crippen LogP contribution in [0.5, 0.6) is 5.75 Å². The van der Waals surface area contributed by atoms with E-state index in [9.17, 15) is 0 Å². The number of nitrogens with one attached hydrogen (secondary N) is 1. The van der Waals surface area contributed by atoms with Gasteiger partial charge in [0.05, 0.1) is 6.61 Å². The second-order valence-electron chi connectivity index (χ2n) is 4.13. The van der Waals surface area contributed by atoms with Crippen molar-refractivity contribution in [2.24, 2.45) is 0 Å². The Labute approximate surface area is 113 Å². The summed E-state index contributed by atoms with van der Waals surface area (Å²) in [6, 6.07) is 9.86. The number of hydrogen-bond acceptors (Lipinski definition) is 3. The Morgan fingerprint density at radius 2 is 2.16 bits per heavy atom. The van der Waals surface area contributed by atoms with E-state index < -0.39 is 0 Å². The number of aromatic nitrogens is 2. The summed E-state index contributed by atoms with van der Waals surface area (Å²) in [5.74, 6) is 1.79. The van der Waals surface area contributed by atoms with Crippen molar-refractivity contribution in [3.8, 4) is 5.75 Å². The molecule has 0 amide bonds. The summed E-state index contributed by atoms with van der Waals surface area (Å²) < 4.78 is 7.74. The van der Waals surface area contributed by atoms with E-state index in [0.717, 1.165) is 31.2 Å². The molecule has 1 heterocycles. The average molecular weight is 257 g/mol. The van der Waals surface area contributed by atoms with Crippen molar-refractivity contribution in [2.75, 3.05) is 18.5 Å². The molecule has 0 unspecified atom stereocenters. The van der Waals surface area contributed by atoms with Crippen LogP contribution in [-0.2, 0) is 6.54 Å². The lowest BCUT2D eigenvalue weighted by Gasteiger charge is -2.09. The van der Waals surface area contributed by atoms with Gasteiger partial charge in [-0.2, -0.15) is 0 Å². The van der Waals surface area contributed by atoms with Crippen LogP contribution in [0.3, 0.4) is 0 Å². The van der Waals surface area contributed by atoms with Crippen molar-refractivity contribution in [1.82, 2.24) is 9.55 Å². The normalized spacial score (nSPS) is 10.1. The first-order valence-corrected chi connectivity index (χ1v) is 6.44. The van der Waals surface area contributed by atoms with E-state index in [1.807, 2.05) is 42.6 Å². The summed E-state index contributed by atoms with van der Waals surface area (Å²) in [5, 5.41) is 3.19. The van der Waals surface area contributed by atoms with Crippen LogP contribution in [0.2, 0.25) is 0 Å². The Morgan fingerprint density at radius 1 is 1.32 bits per heavy atom. The third kappa shape index (κ3) is 4.17. The number of hydrogen-bond donors (Lipinski definition) is 1. The van der Waals surface area contributed by atoms with Crippen molar-refractivity contribution in [3.05, 3.63) is 55.4 Å². The van der Waals surface area contributed by atoms with E-state index in [4.69, 9.17) is 4.74 Å². The second-order valence-corrected chi connectivity index (χ2v) is 4.13. The van der Waals surface area contributed by atoms with E-state index in [2.05, 4.69) is 21.4 Å². The standard InChI is InChI=1S/C15H19N3O/c1-2-9-16-15-17-10-12-18(15)11-6-13-19-14-7-4-3-5-8-14/h2-5,7-8,10,12H,1,6,9,11,13H2,(H,16,17). The van der Waals surface area contributed by atoms with Crippen molar-refractivity contribution < 1.29 is 4.74 Å². The first-order valence-electron chi connectivity index (χ1n) is 6.44. The van der Waals surface area contributed by atoms with Gasteiger partial charge in [-0.25, -0.2) is 4.98 Å². The summed E-state index contributed by atoms with van der Waals surface area (Å²) in [5.41, 5.74) is 0. The molecule has 0 aliphatic carbocycles. The zero-order valence-electron chi connectivity index (χ0n) is 11.0. The maximum Gasteiger partial charge on any atom is 0.203 e. The molecule has 0 bridgehead atoms. The van der Waals surface area contributed by atoms with Crippen molar-refractivity contribution >= 4 is 5.95 Å². The molecule has 0 saturated heterocycles. The van der Waals surface area contributed by atoms with Crippen LogP contribution in [0.15, 0.2) is 55.4 Å². The van der Waals surface area contributed by atoms with Crippen molar-refractivity contribution in [1.29, 1.82) is 0 Å². The quantitative estimate of drug-likeness (QED) is 0.583. The smallest absolute Gasteiger partial charge is 0.203 e. The number of nitrogens with zero attached hydrogens (tertiary/aromatic N) is 2. The highest BCUT2D eigenvalue weighted by molar-refractivity contribution is 5.26. The van der Waals surface area contributed by atoms with Gasteiger partial charge in [0, 0.05) is 25.5 Å². The minimum atomic E-state index is 0.698. The Bertz CT molecular complexity index is 493. The molecule has 0 spiro atoms. The van der Waals surface area contributed by atoms with Gasteiger partial charge < -0.3 is 14.6 Å². The summed E-state index contributed by atoms with van der Waals surface area (Å²) in [7, 11) is 0. The van der Waals surface area contributed by atoms with E-state index in [1.165, 1.54) is 0 Å². The molecule has 2 rings (SSSR count). The first kappa shape index (κ1) is 13.2. The number of benzene rings is 1. The zero-order valence-corrected chi connectivity index (χ0v) is 11.0. The SMILES string of the molecule is C=CCNc1nccn1CCCOc1ccccc1. The molecule has 0 aliphatic rings. The molecule has 100 valence electrons. The van der Waals surface area contributed by atoms with Crippen molar-refractivity contribution in [2.45, 2.75) is 13.0 Å². The predicted molar refractivity (Wildman–Crippen MR) is 77.5 cm³/mol. The molecular formula is C15H19N3O. The fraction of sp³-hybridized carbons (Fsp3) is 0.267. The molecule has 2 aromatic rings. The largest absolute Gasteiger partial charge is 0.494 e. The van der Waals surface area contributed by atoms with Gasteiger partial charge in [0.15, 0.2) is 0 Å². The molecule has 19 heavy (non-hydrogen) atoms. The molecule has 0 atom stereocenters. The maximum atomic E-state index is 5.65. The zero-order chi connectivity index (χ0) is 13.3. The number of para-hydroxylation sites is 1. The van der Waals surface area contributed by atoms with Crippen LogP contribution < -0.4 is 10.1 Å². The van der Waals surface area contributed by atoms with Crippen LogP contribution >= 0.6 is 0 Å². The number of rotatable bonds is 8. The first-order chi connectivity index (χ1) is 9.40. The van der Waals surface area contributed by atoms with Crippen LogP contribution in [0.1, 0.15) is 6.42 Å². The summed E-state index contributed by atoms with van der Waals surface area (Å²) >= 11 is 0. The summed E-state index contributed by atoms with van der Waals surface area (Å²) in [6.07, 6.45) is 6.52. The van der Waals surface area contributed by atoms with Gasteiger partial charge in [0.1, 0.15) is 5.75 Å². The lowest BCUT2D eigenvalue weighted by atomic mass is 10.3. The molecule has 0 fully saturated rings. The third-order valence-corrected chi connectivity index (χ3v) is 2.68. The summed E-state index contributed by atoms with van der Waals surface area (Å²) in [4.78, 5) is 4.25. The molecule has 1 aromatic heterocycles. The molecule has 0 radical (unpaired) electrons. The van der Waals surface area contributed by atoms with E-state index >= 15 is 0 Å². The Kier molecular flexibility index (Phi) is 5.05. The highest BCUT2D eigenvalue weighted by Crippen LogP contribution is 2.09. The molecule has 1 N–H and O–H groups in total. The minimum Gasteiger partial charge on any atom is -0.494 e. The monoisotopic (exact) mass is 257 g/mol. The maximum absolute atomic E-state index is 5.65. The Hall–Kier alpha value is -2.23. The lowest BCUT2D eigenvalue weighted by molar-refractivity contribution is 0.302. The number of aryl methyl sites for hydroxylation is 1. The summed E-state index contributed by atoms with van der Waals surface area (Å²) in [6.45, 7) is 5.98. The van der Waals surface area contributed by atoms with Gasteiger partial charge in [0.25, 0.3) is 0 Å². The van der Waals surface area contributed by atoms with Gasteiger partial charge in [0.2, 0.25) is 5.95 Å². The second kappa shape index (κ2) is 7.26. The fourth-order valence-electron chi connectivity index (χ4n) is 1.76. The van der Waals surface area contributed by atoms with Crippen LogP contribution in [-0.4, -0.2) is 22.7 Å². The molecule has 4 nitrogen and oxygen atoms in total. The molecule has 0 aliphatic heterocycles. The Morgan fingerprint density at radius 3 is 2.95 bits per heavy atom. The molecule has 4 heteroatoms. The number of anilines is 1. The Balaban J connectivity index is 1.73.